The molecule has 0 bridgehead atoms. The summed E-state index contributed by atoms with van der Waals surface area (Å²) >= 11 is 0. The molecule has 0 aromatic heterocycles. The summed E-state index contributed by atoms with van der Waals surface area (Å²) in [6.45, 7) is 6.98. The molecule has 5 rings (SSSR count). The molecule has 0 saturated heterocycles. The fraction of sp³-hybridized carbons (Fsp3) is 0.400. The van der Waals surface area contributed by atoms with E-state index >= 15 is 0 Å². The summed E-state index contributed by atoms with van der Waals surface area (Å²) in [5, 5.41) is 14.3. The fourth-order valence-corrected chi connectivity index (χ4v) is 5.98. The lowest BCUT2D eigenvalue weighted by Gasteiger charge is -2.42. The van der Waals surface area contributed by atoms with Crippen molar-refractivity contribution in [3.8, 4) is 0 Å². The predicted octanol–water partition coefficient (Wildman–Crippen LogP) is 6.00. The van der Waals surface area contributed by atoms with Gasteiger partial charge in [-0.25, -0.2) is 0 Å². The number of rotatable bonds is 5. The van der Waals surface area contributed by atoms with E-state index in [1.165, 1.54) is 0 Å². The standard InChI is InChI=1S/C30H33NO3/c1-4-29(2,3)22-16-17-27(32)25(18-22)30(34)24-14-7-8-15-26(24)31(28(30)33)19-21-12-9-11-20-10-5-6-13-23(20)21/h5-15,22,25,34H,4,16-19H2,1-3H3. The van der Waals surface area contributed by atoms with Gasteiger partial charge in [0.15, 0.2) is 5.60 Å². The minimum Gasteiger partial charge on any atom is -0.375 e. The number of Topliss-reactive ketones (excluding diaryl/α,β-unsaturated/α-hetero) is 1. The van der Waals surface area contributed by atoms with Crippen molar-refractivity contribution < 1.29 is 14.7 Å². The molecular formula is C30H33NO3. The number of carbonyl (C=O) groups is 2. The molecular weight excluding hydrogens is 422 g/mol. The van der Waals surface area contributed by atoms with Gasteiger partial charge in [-0.1, -0.05) is 87.9 Å². The zero-order chi connectivity index (χ0) is 24.1. The Bertz CT molecular complexity index is 1260. The van der Waals surface area contributed by atoms with E-state index in [1.54, 1.807) is 4.90 Å². The number of anilines is 1. The zero-order valence-corrected chi connectivity index (χ0v) is 20.3. The van der Waals surface area contributed by atoms with E-state index in [2.05, 4.69) is 39.0 Å². The van der Waals surface area contributed by atoms with Crippen molar-refractivity contribution in [2.24, 2.45) is 17.3 Å². The van der Waals surface area contributed by atoms with E-state index in [4.69, 9.17) is 0 Å². The first-order chi connectivity index (χ1) is 16.3. The third kappa shape index (κ3) is 3.47. The Kier molecular flexibility index (Phi) is 5.60. The van der Waals surface area contributed by atoms with Gasteiger partial charge in [0.25, 0.3) is 5.91 Å². The highest BCUT2D eigenvalue weighted by molar-refractivity contribution is 6.10. The van der Waals surface area contributed by atoms with Crippen LogP contribution < -0.4 is 4.90 Å². The van der Waals surface area contributed by atoms with Crippen LogP contribution in [0.25, 0.3) is 10.8 Å². The monoisotopic (exact) mass is 455 g/mol. The maximum Gasteiger partial charge on any atom is 0.264 e. The molecule has 4 nitrogen and oxygen atoms in total. The van der Waals surface area contributed by atoms with Crippen LogP contribution in [0.4, 0.5) is 5.69 Å². The SMILES string of the molecule is CCC(C)(C)C1CCC(=O)C(C2(O)C(=O)N(Cc3cccc4ccccc34)c3ccccc32)C1. The fourth-order valence-electron chi connectivity index (χ4n) is 5.98. The predicted molar refractivity (Wildman–Crippen MR) is 135 cm³/mol. The molecule has 1 saturated carbocycles. The Morgan fingerprint density at radius 2 is 1.71 bits per heavy atom. The Hall–Kier alpha value is -2.98. The molecule has 3 atom stereocenters. The molecule has 0 spiro atoms. The molecule has 1 amide bonds. The van der Waals surface area contributed by atoms with Crippen molar-refractivity contribution in [2.75, 3.05) is 4.90 Å². The molecule has 0 radical (unpaired) electrons. The zero-order valence-electron chi connectivity index (χ0n) is 20.3. The molecule has 1 aliphatic heterocycles. The Balaban J connectivity index is 1.56. The van der Waals surface area contributed by atoms with E-state index in [-0.39, 0.29) is 23.0 Å². The molecule has 3 aromatic carbocycles. The van der Waals surface area contributed by atoms with Gasteiger partial charge < -0.3 is 10.0 Å². The third-order valence-electron chi connectivity index (χ3n) is 8.55. The van der Waals surface area contributed by atoms with E-state index < -0.39 is 11.5 Å². The first kappa shape index (κ1) is 22.8. The summed E-state index contributed by atoms with van der Waals surface area (Å²) in [4.78, 5) is 28.9. The van der Waals surface area contributed by atoms with Crippen molar-refractivity contribution in [2.45, 2.75) is 58.6 Å². The van der Waals surface area contributed by atoms with Gasteiger partial charge in [-0.05, 0) is 46.6 Å². The largest absolute Gasteiger partial charge is 0.375 e. The Morgan fingerprint density at radius 3 is 2.50 bits per heavy atom. The first-order valence-corrected chi connectivity index (χ1v) is 12.4. The summed E-state index contributed by atoms with van der Waals surface area (Å²) in [5.41, 5.74) is 0.520. The molecule has 1 heterocycles. The average Bonchev–Trinajstić information content (AvgIpc) is 3.07. The number of hydrogen-bond acceptors (Lipinski definition) is 3. The van der Waals surface area contributed by atoms with Gasteiger partial charge in [0.1, 0.15) is 5.78 Å². The van der Waals surface area contributed by atoms with Crippen molar-refractivity contribution in [3.63, 3.8) is 0 Å². The van der Waals surface area contributed by atoms with Crippen LogP contribution >= 0.6 is 0 Å². The highest BCUT2D eigenvalue weighted by atomic mass is 16.3. The molecule has 1 N–H and O–H groups in total. The van der Waals surface area contributed by atoms with Gasteiger partial charge in [-0.2, -0.15) is 0 Å². The lowest BCUT2D eigenvalue weighted by Crippen LogP contribution is -2.51. The van der Waals surface area contributed by atoms with Crippen molar-refractivity contribution in [1.29, 1.82) is 0 Å². The van der Waals surface area contributed by atoms with Gasteiger partial charge >= 0.3 is 0 Å². The summed E-state index contributed by atoms with van der Waals surface area (Å²) in [7, 11) is 0. The van der Waals surface area contributed by atoms with E-state index in [1.807, 2.05) is 48.5 Å². The number of carbonyl (C=O) groups excluding carboxylic acids is 2. The van der Waals surface area contributed by atoms with E-state index in [9.17, 15) is 14.7 Å². The second-order valence-corrected chi connectivity index (χ2v) is 10.6. The lowest BCUT2D eigenvalue weighted by molar-refractivity contribution is -0.155. The summed E-state index contributed by atoms with van der Waals surface area (Å²) in [6.07, 6.45) is 2.77. The van der Waals surface area contributed by atoms with Crippen molar-refractivity contribution >= 4 is 28.2 Å². The highest BCUT2D eigenvalue weighted by Gasteiger charge is 2.58. The molecule has 176 valence electrons. The first-order valence-electron chi connectivity index (χ1n) is 12.4. The number of para-hydroxylation sites is 1. The molecule has 1 fully saturated rings. The van der Waals surface area contributed by atoms with Gasteiger partial charge in [-0.15, -0.1) is 0 Å². The summed E-state index contributed by atoms with van der Waals surface area (Å²) in [6, 6.07) is 21.7. The van der Waals surface area contributed by atoms with Gasteiger partial charge in [0.05, 0.1) is 18.2 Å². The Labute approximate surface area is 201 Å². The minimum absolute atomic E-state index is 0.000757. The number of nitrogens with zero attached hydrogens (tertiary/aromatic N) is 1. The smallest absolute Gasteiger partial charge is 0.264 e. The van der Waals surface area contributed by atoms with Crippen LogP contribution in [0.2, 0.25) is 0 Å². The number of amides is 1. The van der Waals surface area contributed by atoms with Crippen LogP contribution in [0.15, 0.2) is 66.7 Å². The number of hydrogen-bond donors (Lipinski definition) is 1. The quantitative estimate of drug-likeness (QED) is 0.514. The van der Waals surface area contributed by atoms with Crippen molar-refractivity contribution in [1.82, 2.24) is 0 Å². The average molecular weight is 456 g/mol. The van der Waals surface area contributed by atoms with Gasteiger partial charge in [-0.3, -0.25) is 9.59 Å². The van der Waals surface area contributed by atoms with Crippen LogP contribution in [0.3, 0.4) is 0 Å². The maximum atomic E-state index is 14.0. The Morgan fingerprint density at radius 1 is 1.00 bits per heavy atom. The topological polar surface area (TPSA) is 57.6 Å². The maximum absolute atomic E-state index is 14.0. The van der Waals surface area contributed by atoms with E-state index in [0.29, 0.717) is 30.6 Å². The summed E-state index contributed by atoms with van der Waals surface area (Å²) in [5.74, 6) is -0.810. The van der Waals surface area contributed by atoms with Crippen LogP contribution in [-0.4, -0.2) is 16.8 Å². The van der Waals surface area contributed by atoms with Crippen LogP contribution in [0.1, 0.15) is 57.6 Å². The van der Waals surface area contributed by atoms with Gasteiger partial charge in [0, 0.05) is 12.0 Å². The minimum atomic E-state index is -1.82. The van der Waals surface area contributed by atoms with E-state index in [0.717, 1.165) is 29.2 Å². The van der Waals surface area contributed by atoms with Gasteiger partial charge in [0.2, 0.25) is 0 Å². The molecule has 3 unspecified atom stereocenters. The summed E-state index contributed by atoms with van der Waals surface area (Å²) < 4.78 is 0. The molecule has 3 aromatic rings. The number of ketones is 1. The molecule has 2 aliphatic rings. The molecule has 1 aliphatic carbocycles. The molecule has 34 heavy (non-hydrogen) atoms. The molecule has 4 heteroatoms. The third-order valence-corrected chi connectivity index (χ3v) is 8.55. The number of aliphatic hydroxyl groups is 1. The van der Waals surface area contributed by atoms with Crippen molar-refractivity contribution in [3.05, 3.63) is 77.9 Å². The number of fused-ring (bicyclic) bond motifs is 2. The van der Waals surface area contributed by atoms with Crippen LogP contribution in [0, 0.1) is 17.3 Å². The number of benzene rings is 3. The lowest BCUT2D eigenvalue weighted by atomic mass is 9.62. The highest BCUT2D eigenvalue weighted by Crippen LogP contribution is 2.52. The van der Waals surface area contributed by atoms with Crippen LogP contribution in [-0.2, 0) is 21.7 Å². The van der Waals surface area contributed by atoms with Crippen LogP contribution in [0.5, 0.6) is 0 Å². The second kappa shape index (κ2) is 8.35. The normalized spacial score (nSPS) is 25.1. The second-order valence-electron chi connectivity index (χ2n) is 10.6.